The van der Waals surface area contributed by atoms with E-state index in [0.717, 1.165) is 20.1 Å². The van der Waals surface area contributed by atoms with Crippen LogP contribution in [0.4, 0.5) is 5.69 Å². The molecule has 0 saturated carbocycles. The van der Waals surface area contributed by atoms with Gasteiger partial charge in [0.15, 0.2) is 0 Å². The summed E-state index contributed by atoms with van der Waals surface area (Å²) in [6.45, 7) is 1.83. The van der Waals surface area contributed by atoms with E-state index in [9.17, 15) is 9.59 Å². The first-order valence-corrected chi connectivity index (χ1v) is 7.74. The number of carbonyl (C=O) groups excluding carboxylic acids is 1. The summed E-state index contributed by atoms with van der Waals surface area (Å²) in [6.07, 6.45) is 1.81. The normalized spacial score (nSPS) is 15.2. The number of hydrogen-bond donors (Lipinski definition) is 2. The number of nitrogens with one attached hydrogen (secondary N) is 1. The predicted molar refractivity (Wildman–Crippen MR) is 78.0 cm³/mol. The topological polar surface area (TPSA) is 66.4 Å². The average Bonchev–Trinajstić information content (AvgIpc) is 2.92. The third-order valence-electron chi connectivity index (χ3n) is 3.16. The van der Waals surface area contributed by atoms with Crippen LogP contribution in [-0.2, 0) is 4.79 Å². The molecule has 0 radical (unpaired) electrons. The van der Waals surface area contributed by atoms with Crippen LogP contribution < -0.4 is 5.32 Å². The van der Waals surface area contributed by atoms with Gasteiger partial charge in [0.05, 0.1) is 0 Å². The Bertz CT molecular complexity index is 758. The molecule has 2 heterocycles. The molecule has 1 aromatic heterocycles. The van der Waals surface area contributed by atoms with Crippen LogP contribution in [0.1, 0.15) is 24.8 Å². The van der Waals surface area contributed by atoms with Crippen LogP contribution in [0.2, 0.25) is 0 Å². The van der Waals surface area contributed by atoms with Crippen LogP contribution in [0, 0.1) is 6.92 Å². The van der Waals surface area contributed by atoms with Gasteiger partial charge in [0.25, 0.3) is 0 Å². The second-order valence-corrected chi connectivity index (χ2v) is 7.18. The number of carbonyl (C=O) groups is 2. The van der Waals surface area contributed by atoms with Crippen molar-refractivity contribution in [3.8, 4) is 0 Å². The van der Waals surface area contributed by atoms with Gasteiger partial charge in [0.1, 0.15) is 0 Å². The summed E-state index contributed by atoms with van der Waals surface area (Å²) in [5.74, 6) is -1.04. The van der Waals surface area contributed by atoms with Crippen molar-refractivity contribution in [2.24, 2.45) is 0 Å². The number of carboxylic acids is 1. The first kappa shape index (κ1) is 12.9. The SMILES string of the molecule is Cc1[se]c(C=C2C(=O)Nc3ccccc32)cc1C(=O)O. The fourth-order valence-corrected chi connectivity index (χ4v) is 4.23. The van der Waals surface area contributed by atoms with Crippen molar-refractivity contribution < 1.29 is 14.7 Å². The fourth-order valence-electron chi connectivity index (χ4n) is 2.21. The van der Waals surface area contributed by atoms with Crippen LogP contribution >= 0.6 is 0 Å². The molecule has 0 fully saturated rings. The van der Waals surface area contributed by atoms with E-state index in [2.05, 4.69) is 5.32 Å². The summed E-state index contributed by atoms with van der Waals surface area (Å²) in [5, 5.41) is 11.9. The van der Waals surface area contributed by atoms with Gasteiger partial charge in [-0.3, -0.25) is 0 Å². The molecule has 5 heteroatoms. The molecule has 20 heavy (non-hydrogen) atoms. The molecule has 4 nitrogen and oxygen atoms in total. The van der Waals surface area contributed by atoms with Gasteiger partial charge in [-0.05, 0) is 0 Å². The van der Waals surface area contributed by atoms with Gasteiger partial charge >= 0.3 is 121 Å². The number of benzene rings is 1. The number of carboxylic acid groups (broad SMARTS) is 1. The maximum atomic E-state index is 12.0. The van der Waals surface area contributed by atoms with E-state index < -0.39 is 5.97 Å². The van der Waals surface area contributed by atoms with Crippen molar-refractivity contribution in [1.29, 1.82) is 0 Å². The van der Waals surface area contributed by atoms with E-state index >= 15 is 0 Å². The van der Waals surface area contributed by atoms with E-state index in [1.807, 2.05) is 31.2 Å². The molecule has 0 aliphatic carbocycles. The molecule has 1 aromatic carbocycles. The Hall–Kier alpha value is -2.10. The minimum atomic E-state index is -0.908. The van der Waals surface area contributed by atoms with Crippen molar-refractivity contribution in [2.75, 3.05) is 5.32 Å². The third kappa shape index (κ3) is 2.11. The van der Waals surface area contributed by atoms with Crippen LogP contribution in [0.3, 0.4) is 0 Å². The number of hydrogen-bond acceptors (Lipinski definition) is 2. The second-order valence-electron chi connectivity index (χ2n) is 4.48. The molecular formula is C15H11NO3Se. The van der Waals surface area contributed by atoms with Crippen LogP contribution in [0.25, 0.3) is 11.6 Å². The number of aryl methyl sites for hydroxylation is 1. The van der Waals surface area contributed by atoms with E-state index in [0.29, 0.717) is 11.1 Å². The number of amides is 1. The van der Waals surface area contributed by atoms with Crippen LogP contribution in [0.5, 0.6) is 0 Å². The van der Waals surface area contributed by atoms with E-state index in [1.54, 1.807) is 12.1 Å². The first-order chi connectivity index (χ1) is 9.56. The number of anilines is 1. The van der Waals surface area contributed by atoms with Crippen molar-refractivity contribution in [3.05, 3.63) is 50.3 Å². The Kier molecular flexibility index (Phi) is 3.08. The van der Waals surface area contributed by atoms with E-state index in [1.165, 1.54) is 0 Å². The monoisotopic (exact) mass is 333 g/mol. The van der Waals surface area contributed by atoms with Gasteiger partial charge in [-0.25, -0.2) is 0 Å². The zero-order valence-electron chi connectivity index (χ0n) is 10.6. The standard InChI is InChI=1S/C15H11NO3Se/c1-8-11(15(18)19)6-9(20-8)7-12-10-4-2-3-5-13(10)16-14(12)17/h2-7H,1H3,(H,16,17)(H,18,19). The van der Waals surface area contributed by atoms with Gasteiger partial charge in [-0.1, -0.05) is 0 Å². The van der Waals surface area contributed by atoms with Crippen LogP contribution in [0.15, 0.2) is 30.3 Å². The molecule has 2 aromatic rings. The molecular weight excluding hydrogens is 321 g/mol. The van der Waals surface area contributed by atoms with Crippen molar-refractivity contribution in [2.45, 2.75) is 6.92 Å². The van der Waals surface area contributed by atoms with Crippen molar-refractivity contribution >= 4 is 43.7 Å². The molecule has 100 valence electrons. The van der Waals surface area contributed by atoms with Gasteiger partial charge in [0.2, 0.25) is 0 Å². The molecule has 0 unspecified atom stereocenters. The Morgan fingerprint density at radius 2 is 2.10 bits per heavy atom. The van der Waals surface area contributed by atoms with Crippen molar-refractivity contribution in [3.63, 3.8) is 0 Å². The number of fused-ring (bicyclic) bond motifs is 1. The molecule has 0 atom stereocenters. The summed E-state index contributed by atoms with van der Waals surface area (Å²) >= 11 is -0.0292. The quantitative estimate of drug-likeness (QED) is 0.655. The molecule has 0 bridgehead atoms. The molecule has 2 N–H and O–H groups in total. The Morgan fingerprint density at radius 1 is 1.35 bits per heavy atom. The van der Waals surface area contributed by atoms with Crippen molar-refractivity contribution in [1.82, 2.24) is 0 Å². The summed E-state index contributed by atoms with van der Waals surface area (Å²) in [7, 11) is 0. The van der Waals surface area contributed by atoms with Gasteiger partial charge in [-0.15, -0.1) is 0 Å². The molecule has 0 spiro atoms. The molecule has 1 amide bonds. The maximum absolute atomic E-state index is 12.0. The van der Waals surface area contributed by atoms with Crippen LogP contribution in [-0.4, -0.2) is 31.5 Å². The summed E-state index contributed by atoms with van der Waals surface area (Å²) < 4.78 is 1.79. The van der Waals surface area contributed by atoms with E-state index in [4.69, 9.17) is 5.11 Å². The first-order valence-electron chi connectivity index (χ1n) is 6.02. The second kappa shape index (κ2) is 4.78. The zero-order chi connectivity index (χ0) is 14.3. The summed E-state index contributed by atoms with van der Waals surface area (Å²) in [5.41, 5.74) is 2.63. The van der Waals surface area contributed by atoms with E-state index in [-0.39, 0.29) is 20.4 Å². The third-order valence-corrected chi connectivity index (χ3v) is 5.26. The minimum absolute atomic E-state index is 0.0292. The Balaban J connectivity index is 2.07. The van der Waals surface area contributed by atoms with Gasteiger partial charge in [0, 0.05) is 0 Å². The number of para-hydroxylation sites is 1. The summed E-state index contributed by atoms with van der Waals surface area (Å²) in [6, 6.07) is 9.16. The zero-order valence-corrected chi connectivity index (χ0v) is 12.3. The molecule has 0 saturated heterocycles. The summed E-state index contributed by atoms with van der Waals surface area (Å²) in [4.78, 5) is 23.1. The predicted octanol–water partition coefficient (Wildman–Crippen LogP) is 2.24. The number of rotatable bonds is 2. The fraction of sp³-hybridized carbons (Fsp3) is 0.0667. The molecule has 1 aliphatic heterocycles. The van der Waals surface area contributed by atoms with Gasteiger partial charge < -0.3 is 0 Å². The Morgan fingerprint density at radius 3 is 2.80 bits per heavy atom. The van der Waals surface area contributed by atoms with Gasteiger partial charge in [-0.2, -0.15) is 0 Å². The molecule has 1 aliphatic rings. The average molecular weight is 332 g/mol. The molecule has 3 rings (SSSR count). The number of aromatic carboxylic acids is 1. The Labute approximate surface area is 121 Å².